The third kappa shape index (κ3) is 5.72. The van der Waals surface area contributed by atoms with Crippen molar-refractivity contribution in [3.05, 3.63) is 35.4 Å². The highest BCUT2D eigenvalue weighted by Gasteiger charge is 2.34. The van der Waals surface area contributed by atoms with Crippen LogP contribution in [0.5, 0.6) is 0 Å². The van der Waals surface area contributed by atoms with Crippen molar-refractivity contribution in [1.82, 2.24) is 15.5 Å². The van der Waals surface area contributed by atoms with Crippen LogP contribution >= 0.6 is 0 Å². The van der Waals surface area contributed by atoms with Gasteiger partial charge >= 0.3 is 12.0 Å². The smallest absolute Gasteiger partial charge is 0.317 e. The van der Waals surface area contributed by atoms with Crippen LogP contribution in [0.2, 0.25) is 0 Å². The van der Waals surface area contributed by atoms with Gasteiger partial charge in [-0.15, -0.1) is 0 Å². The molecule has 0 heterocycles. The molecule has 0 bridgehead atoms. The molecular weight excluding hydrogens is 322 g/mol. The number of rotatable bonds is 8. The molecule has 4 N–H and O–H groups in total. The van der Waals surface area contributed by atoms with Gasteiger partial charge in [0.2, 0.25) is 0 Å². The minimum atomic E-state index is -0.822. The SMILES string of the molecule is CCN(CC(=O)O)C1CC(NC(=O)NCc2ccc(C(C)O)cc2)C1. The van der Waals surface area contributed by atoms with Gasteiger partial charge in [0.15, 0.2) is 0 Å². The molecule has 1 unspecified atom stereocenters. The number of likely N-dealkylation sites (N-methyl/N-ethyl adjacent to an activating group) is 1. The van der Waals surface area contributed by atoms with Crippen molar-refractivity contribution in [3.8, 4) is 0 Å². The molecule has 1 aliphatic rings. The largest absolute Gasteiger partial charge is 0.480 e. The molecule has 1 aromatic carbocycles. The highest BCUT2D eigenvalue weighted by atomic mass is 16.4. The van der Waals surface area contributed by atoms with Gasteiger partial charge in [0.1, 0.15) is 0 Å². The zero-order chi connectivity index (χ0) is 18.4. The van der Waals surface area contributed by atoms with Crippen LogP contribution in [0.4, 0.5) is 4.79 Å². The molecule has 1 saturated carbocycles. The molecule has 7 nitrogen and oxygen atoms in total. The van der Waals surface area contributed by atoms with Crippen molar-refractivity contribution in [2.45, 2.75) is 51.4 Å². The summed E-state index contributed by atoms with van der Waals surface area (Å²) in [5, 5.41) is 24.1. The van der Waals surface area contributed by atoms with E-state index in [0.29, 0.717) is 13.1 Å². The third-order valence-corrected chi connectivity index (χ3v) is 4.62. The van der Waals surface area contributed by atoms with Crippen LogP contribution in [0, 0.1) is 0 Å². The number of aliphatic hydroxyl groups excluding tert-OH is 1. The van der Waals surface area contributed by atoms with Gasteiger partial charge in [-0.25, -0.2) is 4.79 Å². The zero-order valence-corrected chi connectivity index (χ0v) is 14.7. The lowest BCUT2D eigenvalue weighted by atomic mass is 9.85. The molecule has 0 aliphatic heterocycles. The fraction of sp³-hybridized carbons (Fsp3) is 0.556. The van der Waals surface area contributed by atoms with Crippen molar-refractivity contribution in [1.29, 1.82) is 0 Å². The number of benzene rings is 1. The number of aliphatic hydroxyl groups is 1. The first-order valence-electron chi connectivity index (χ1n) is 8.66. The number of hydrogen-bond acceptors (Lipinski definition) is 4. The van der Waals surface area contributed by atoms with E-state index < -0.39 is 12.1 Å². The maximum Gasteiger partial charge on any atom is 0.317 e. The van der Waals surface area contributed by atoms with E-state index in [0.717, 1.165) is 24.0 Å². The van der Waals surface area contributed by atoms with Crippen LogP contribution in [0.3, 0.4) is 0 Å². The number of carboxylic acid groups (broad SMARTS) is 1. The first kappa shape index (κ1) is 19.2. The standard InChI is InChI=1S/C18H27N3O4/c1-3-21(11-17(23)24)16-8-15(9-16)20-18(25)19-10-13-4-6-14(7-5-13)12(2)22/h4-7,12,15-16,22H,3,8-11H2,1-2H3,(H,23,24)(H2,19,20,25). The average Bonchev–Trinajstić information content (AvgIpc) is 2.54. The van der Waals surface area contributed by atoms with Crippen LogP contribution in [-0.4, -0.2) is 52.3 Å². The number of carboxylic acids is 1. The van der Waals surface area contributed by atoms with Gasteiger partial charge < -0.3 is 20.8 Å². The number of hydrogen-bond donors (Lipinski definition) is 4. The Morgan fingerprint density at radius 3 is 2.44 bits per heavy atom. The second kappa shape index (κ2) is 8.82. The molecule has 1 atom stereocenters. The van der Waals surface area contributed by atoms with Gasteiger partial charge in [-0.05, 0) is 37.4 Å². The lowest BCUT2D eigenvalue weighted by Crippen LogP contribution is -2.56. The fourth-order valence-electron chi connectivity index (χ4n) is 3.01. The molecule has 25 heavy (non-hydrogen) atoms. The molecule has 1 aliphatic carbocycles. The van der Waals surface area contributed by atoms with Crippen LogP contribution in [0.25, 0.3) is 0 Å². The van der Waals surface area contributed by atoms with Gasteiger partial charge in [-0.3, -0.25) is 9.69 Å². The molecule has 7 heteroatoms. The lowest BCUT2D eigenvalue weighted by Gasteiger charge is -2.42. The quantitative estimate of drug-likeness (QED) is 0.569. The minimum Gasteiger partial charge on any atom is -0.480 e. The molecule has 2 amide bonds. The molecular formula is C18H27N3O4. The summed E-state index contributed by atoms with van der Waals surface area (Å²) in [6.07, 6.45) is 1.05. The highest BCUT2D eigenvalue weighted by Crippen LogP contribution is 2.25. The Morgan fingerprint density at radius 2 is 1.92 bits per heavy atom. The molecule has 138 valence electrons. The summed E-state index contributed by atoms with van der Waals surface area (Å²) < 4.78 is 0. The van der Waals surface area contributed by atoms with Crippen molar-refractivity contribution < 1.29 is 19.8 Å². The van der Waals surface area contributed by atoms with Crippen molar-refractivity contribution >= 4 is 12.0 Å². The Bertz CT molecular complexity index is 582. The Balaban J connectivity index is 1.69. The van der Waals surface area contributed by atoms with Crippen molar-refractivity contribution in [2.24, 2.45) is 0 Å². The van der Waals surface area contributed by atoms with E-state index in [1.54, 1.807) is 6.92 Å². The van der Waals surface area contributed by atoms with Gasteiger partial charge in [0.25, 0.3) is 0 Å². The number of nitrogens with zero attached hydrogens (tertiary/aromatic N) is 1. The molecule has 1 fully saturated rings. The summed E-state index contributed by atoms with van der Waals surface area (Å²) in [5.41, 5.74) is 1.81. The van der Waals surface area contributed by atoms with E-state index in [9.17, 15) is 14.7 Å². The number of aliphatic carboxylic acids is 1. The molecule has 2 rings (SSSR count). The second-order valence-electron chi connectivity index (χ2n) is 6.52. The Morgan fingerprint density at radius 1 is 1.28 bits per heavy atom. The first-order chi connectivity index (χ1) is 11.9. The second-order valence-corrected chi connectivity index (χ2v) is 6.52. The van der Waals surface area contributed by atoms with Crippen molar-refractivity contribution in [2.75, 3.05) is 13.1 Å². The summed E-state index contributed by atoms with van der Waals surface area (Å²) in [6.45, 7) is 4.81. The number of carbonyl (C=O) groups is 2. The molecule has 0 aromatic heterocycles. The van der Waals surface area contributed by atoms with Crippen LogP contribution in [-0.2, 0) is 11.3 Å². The van der Waals surface area contributed by atoms with Gasteiger partial charge in [0, 0.05) is 18.6 Å². The Labute approximate surface area is 148 Å². The van der Waals surface area contributed by atoms with E-state index in [2.05, 4.69) is 10.6 Å². The van der Waals surface area contributed by atoms with Crippen molar-refractivity contribution in [3.63, 3.8) is 0 Å². The summed E-state index contributed by atoms with van der Waals surface area (Å²) in [6, 6.07) is 7.55. The van der Waals surface area contributed by atoms with E-state index in [1.165, 1.54) is 0 Å². The van der Waals surface area contributed by atoms with E-state index >= 15 is 0 Å². The van der Waals surface area contributed by atoms with Gasteiger partial charge in [-0.2, -0.15) is 0 Å². The molecule has 0 radical (unpaired) electrons. The molecule has 0 saturated heterocycles. The van der Waals surface area contributed by atoms with E-state index in [-0.39, 0.29) is 24.7 Å². The maximum absolute atomic E-state index is 11.9. The summed E-state index contributed by atoms with van der Waals surface area (Å²) in [4.78, 5) is 24.7. The number of carbonyl (C=O) groups excluding carboxylic acids is 1. The molecule has 0 spiro atoms. The number of amides is 2. The normalized spacial score (nSPS) is 20.6. The Kier molecular flexibility index (Phi) is 6.78. The predicted molar refractivity (Wildman–Crippen MR) is 94.1 cm³/mol. The molecule has 1 aromatic rings. The summed E-state index contributed by atoms with van der Waals surface area (Å²) in [5.74, 6) is -0.822. The van der Waals surface area contributed by atoms with E-state index in [4.69, 9.17) is 5.11 Å². The zero-order valence-electron chi connectivity index (χ0n) is 14.7. The lowest BCUT2D eigenvalue weighted by molar-refractivity contribution is -0.139. The maximum atomic E-state index is 11.9. The minimum absolute atomic E-state index is 0.0442. The highest BCUT2D eigenvalue weighted by molar-refractivity contribution is 5.74. The van der Waals surface area contributed by atoms with Gasteiger partial charge in [0.05, 0.1) is 12.6 Å². The van der Waals surface area contributed by atoms with Crippen LogP contribution in [0.15, 0.2) is 24.3 Å². The predicted octanol–water partition coefficient (Wildman–Crippen LogP) is 1.48. The fourth-order valence-corrected chi connectivity index (χ4v) is 3.01. The van der Waals surface area contributed by atoms with Crippen LogP contribution < -0.4 is 10.6 Å². The van der Waals surface area contributed by atoms with Crippen LogP contribution in [0.1, 0.15) is 43.9 Å². The monoisotopic (exact) mass is 349 g/mol. The van der Waals surface area contributed by atoms with E-state index in [1.807, 2.05) is 36.1 Å². The first-order valence-corrected chi connectivity index (χ1v) is 8.66. The number of nitrogens with one attached hydrogen (secondary N) is 2. The average molecular weight is 349 g/mol. The Hall–Kier alpha value is -2.12. The summed E-state index contributed by atoms with van der Waals surface area (Å²) in [7, 11) is 0. The van der Waals surface area contributed by atoms with Gasteiger partial charge in [-0.1, -0.05) is 31.2 Å². The topological polar surface area (TPSA) is 102 Å². The number of urea groups is 1. The third-order valence-electron chi connectivity index (χ3n) is 4.62. The summed E-state index contributed by atoms with van der Waals surface area (Å²) >= 11 is 0.